The molecule has 0 aliphatic carbocycles. The zero-order valence-electron chi connectivity index (χ0n) is 9.49. The van der Waals surface area contributed by atoms with Gasteiger partial charge in [0.15, 0.2) is 0 Å². The molecule has 0 amide bonds. The van der Waals surface area contributed by atoms with Gasteiger partial charge in [-0.15, -0.1) is 0 Å². The predicted molar refractivity (Wildman–Crippen MR) is 58.3 cm³/mol. The van der Waals surface area contributed by atoms with Crippen LogP contribution in [0.2, 0.25) is 0 Å². The van der Waals surface area contributed by atoms with Crippen LogP contribution in [-0.4, -0.2) is 0 Å². The second-order valence-corrected chi connectivity index (χ2v) is 4.08. The molecule has 0 atom stereocenters. The van der Waals surface area contributed by atoms with Crippen LogP contribution in [0.25, 0.3) is 0 Å². The van der Waals surface area contributed by atoms with Crippen molar-refractivity contribution >= 4 is 0 Å². The van der Waals surface area contributed by atoms with E-state index >= 15 is 0 Å². The number of dihydropyridines is 1. The molecule has 1 heteroatoms. The highest BCUT2D eigenvalue weighted by Crippen LogP contribution is 2.31. The molecule has 0 fully saturated rings. The molecular formula is C12H21N. The van der Waals surface area contributed by atoms with E-state index in [2.05, 4.69) is 39.9 Å². The van der Waals surface area contributed by atoms with Crippen molar-refractivity contribution in [3.05, 3.63) is 22.5 Å². The monoisotopic (exact) mass is 179 g/mol. The zero-order chi connectivity index (χ0) is 10.0. The highest BCUT2D eigenvalue weighted by Gasteiger charge is 2.20. The Morgan fingerprint density at radius 3 is 1.85 bits per heavy atom. The summed E-state index contributed by atoms with van der Waals surface area (Å²) in [6.45, 7) is 11.1. The summed E-state index contributed by atoms with van der Waals surface area (Å²) >= 11 is 0. The van der Waals surface area contributed by atoms with E-state index in [1.807, 2.05) is 0 Å². The highest BCUT2D eigenvalue weighted by atomic mass is 14.9. The van der Waals surface area contributed by atoms with Gasteiger partial charge in [0.1, 0.15) is 0 Å². The molecule has 0 spiro atoms. The van der Waals surface area contributed by atoms with Gasteiger partial charge in [-0.1, -0.05) is 13.3 Å². The Bertz CT molecular complexity index is 234. The van der Waals surface area contributed by atoms with Gasteiger partial charge < -0.3 is 5.32 Å². The fourth-order valence-electron chi connectivity index (χ4n) is 2.05. The first kappa shape index (κ1) is 10.4. The van der Waals surface area contributed by atoms with Gasteiger partial charge in [-0.3, -0.25) is 0 Å². The zero-order valence-corrected chi connectivity index (χ0v) is 9.49. The lowest BCUT2D eigenvalue weighted by atomic mass is 9.84. The lowest BCUT2D eigenvalue weighted by molar-refractivity contribution is 0.587. The Hall–Kier alpha value is -0.720. The molecule has 13 heavy (non-hydrogen) atoms. The van der Waals surface area contributed by atoms with E-state index in [0.29, 0.717) is 5.92 Å². The summed E-state index contributed by atoms with van der Waals surface area (Å²) < 4.78 is 0. The van der Waals surface area contributed by atoms with E-state index in [0.717, 1.165) is 0 Å². The van der Waals surface area contributed by atoms with Crippen molar-refractivity contribution in [3.63, 3.8) is 0 Å². The van der Waals surface area contributed by atoms with E-state index in [1.165, 1.54) is 35.4 Å². The van der Waals surface area contributed by atoms with Crippen LogP contribution in [0.4, 0.5) is 0 Å². The Labute approximate surface area is 81.9 Å². The average Bonchev–Trinajstić information content (AvgIpc) is 2.09. The molecule has 0 aromatic carbocycles. The van der Waals surface area contributed by atoms with Gasteiger partial charge in [0.05, 0.1) is 0 Å². The maximum atomic E-state index is 3.43. The molecule has 0 saturated carbocycles. The smallest absolute Gasteiger partial charge is 0.0112 e. The summed E-state index contributed by atoms with van der Waals surface area (Å²) in [4.78, 5) is 0. The van der Waals surface area contributed by atoms with E-state index < -0.39 is 0 Å². The molecule has 74 valence electrons. The van der Waals surface area contributed by atoms with E-state index in [1.54, 1.807) is 0 Å². The maximum Gasteiger partial charge on any atom is 0.0112 e. The van der Waals surface area contributed by atoms with Crippen molar-refractivity contribution < 1.29 is 0 Å². The largest absolute Gasteiger partial charge is 0.363 e. The standard InChI is InChI=1S/C12H21N/c1-6-7-12-8(2)10(4)13-11(5)9(12)3/h12-13H,6-7H2,1-5H3. The second kappa shape index (κ2) is 3.99. The van der Waals surface area contributed by atoms with Crippen molar-refractivity contribution in [2.75, 3.05) is 0 Å². The molecule has 0 saturated heterocycles. The van der Waals surface area contributed by atoms with Crippen molar-refractivity contribution in [3.8, 4) is 0 Å². The molecular weight excluding hydrogens is 158 g/mol. The normalized spacial score (nSPS) is 19.5. The minimum absolute atomic E-state index is 0.686. The third-order valence-electron chi connectivity index (χ3n) is 3.18. The molecule has 0 bridgehead atoms. The molecule has 0 aromatic rings. The summed E-state index contributed by atoms with van der Waals surface area (Å²) in [6, 6.07) is 0. The minimum atomic E-state index is 0.686. The summed E-state index contributed by atoms with van der Waals surface area (Å²) in [5, 5.41) is 3.43. The molecule has 1 aliphatic rings. The first-order valence-electron chi connectivity index (χ1n) is 5.19. The van der Waals surface area contributed by atoms with Gasteiger partial charge in [-0.25, -0.2) is 0 Å². The van der Waals surface area contributed by atoms with Crippen LogP contribution in [0.3, 0.4) is 0 Å². The number of hydrogen-bond acceptors (Lipinski definition) is 1. The van der Waals surface area contributed by atoms with Crippen molar-refractivity contribution in [2.45, 2.75) is 47.5 Å². The summed E-state index contributed by atoms with van der Waals surface area (Å²) in [6.07, 6.45) is 2.55. The van der Waals surface area contributed by atoms with Crippen molar-refractivity contribution in [1.82, 2.24) is 5.32 Å². The van der Waals surface area contributed by atoms with E-state index in [-0.39, 0.29) is 0 Å². The Morgan fingerprint density at radius 1 is 1.00 bits per heavy atom. The van der Waals surface area contributed by atoms with Gasteiger partial charge >= 0.3 is 0 Å². The average molecular weight is 179 g/mol. The summed E-state index contributed by atoms with van der Waals surface area (Å²) in [5.74, 6) is 0.686. The fraction of sp³-hybridized carbons (Fsp3) is 0.667. The SMILES string of the molecule is CCCC1C(C)=C(C)NC(C)=C1C. The Morgan fingerprint density at radius 2 is 1.46 bits per heavy atom. The topological polar surface area (TPSA) is 12.0 Å². The third kappa shape index (κ3) is 1.96. The number of hydrogen-bond donors (Lipinski definition) is 1. The molecule has 1 rings (SSSR count). The van der Waals surface area contributed by atoms with Gasteiger partial charge in [-0.05, 0) is 45.3 Å². The van der Waals surface area contributed by atoms with Gasteiger partial charge in [0, 0.05) is 17.3 Å². The maximum absolute atomic E-state index is 3.43. The van der Waals surface area contributed by atoms with Crippen LogP contribution in [0, 0.1) is 5.92 Å². The van der Waals surface area contributed by atoms with Gasteiger partial charge in [0.2, 0.25) is 0 Å². The summed E-state index contributed by atoms with van der Waals surface area (Å²) in [5.41, 5.74) is 5.73. The van der Waals surface area contributed by atoms with E-state index in [9.17, 15) is 0 Å². The first-order chi connectivity index (χ1) is 6.07. The van der Waals surface area contributed by atoms with E-state index in [4.69, 9.17) is 0 Å². The molecule has 0 aromatic heterocycles. The molecule has 1 aliphatic heterocycles. The number of allylic oxidation sites excluding steroid dienone is 4. The second-order valence-electron chi connectivity index (χ2n) is 4.08. The lowest BCUT2D eigenvalue weighted by Crippen LogP contribution is -2.23. The molecule has 0 radical (unpaired) electrons. The van der Waals surface area contributed by atoms with Crippen LogP contribution in [-0.2, 0) is 0 Å². The Kier molecular flexibility index (Phi) is 3.18. The predicted octanol–water partition coefficient (Wildman–Crippen LogP) is 3.59. The Balaban J connectivity index is 2.92. The van der Waals surface area contributed by atoms with Crippen LogP contribution in [0.5, 0.6) is 0 Å². The third-order valence-corrected chi connectivity index (χ3v) is 3.18. The van der Waals surface area contributed by atoms with Crippen LogP contribution in [0.1, 0.15) is 47.5 Å². The molecule has 1 nitrogen and oxygen atoms in total. The number of rotatable bonds is 2. The molecule has 0 unspecified atom stereocenters. The van der Waals surface area contributed by atoms with Crippen molar-refractivity contribution in [2.24, 2.45) is 5.92 Å². The van der Waals surface area contributed by atoms with Gasteiger partial charge in [0.25, 0.3) is 0 Å². The van der Waals surface area contributed by atoms with Crippen molar-refractivity contribution in [1.29, 1.82) is 0 Å². The number of nitrogens with one attached hydrogen (secondary N) is 1. The lowest BCUT2D eigenvalue weighted by Gasteiger charge is -2.28. The molecule has 1 N–H and O–H groups in total. The van der Waals surface area contributed by atoms with Crippen LogP contribution in [0.15, 0.2) is 22.5 Å². The summed E-state index contributed by atoms with van der Waals surface area (Å²) in [7, 11) is 0. The quantitative estimate of drug-likeness (QED) is 0.683. The molecule has 1 heterocycles. The van der Waals surface area contributed by atoms with Crippen LogP contribution < -0.4 is 5.32 Å². The van der Waals surface area contributed by atoms with Crippen LogP contribution >= 0.6 is 0 Å². The first-order valence-corrected chi connectivity index (χ1v) is 5.19. The van der Waals surface area contributed by atoms with Gasteiger partial charge in [-0.2, -0.15) is 0 Å². The highest BCUT2D eigenvalue weighted by molar-refractivity contribution is 5.31. The fourth-order valence-corrected chi connectivity index (χ4v) is 2.05. The minimum Gasteiger partial charge on any atom is -0.363 e.